The molecule has 1 aromatic rings. The molecule has 0 amide bonds. The molecule has 1 aliphatic rings. The second-order valence-electron chi connectivity index (χ2n) is 4.29. The lowest BCUT2D eigenvalue weighted by Crippen LogP contribution is -2.35. The summed E-state index contributed by atoms with van der Waals surface area (Å²) in [6, 6.07) is 0. The number of hydrogen-bond donors (Lipinski definition) is 0. The Balaban J connectivity index is 2.25. The number of halogens is 1. The van der Waals surface area contributed by atoms with Gasteiger partial charge in [0.15, 0.2) is 6.29 Å². The quantitative estimate of drug-likeness (QED) is 0.803. The maximum absolute atomic E-state index is 12.5. The first kappa shape index (κ1) is 14.7. The smallest absolute Gasteiger partial charge is 0.247 e. The molecule has 108 valence electrons. The highest BCUT2D eigenvalue weighted by Gasteiger charge is 2.31. The summed E-state index contributed by atoms with van der Waals surface area (Å²) < 4.78 is 37.9. The van der Waals surface area contributed by atoms with Gasteiger partial charge in [-0.25, -0.2) is 8.42 Å². The van der Waals surface area contributed by atoms with Gasteiger partial charge in [-0.1, -0.05) is 11.6 Å². The molecule has 7 nitrogen and oxygen atoms in total. The Morgan fingerprint density at radius 1 is 1.47 bits per heavy atom. The van der Waals surface area contributed by atoms with Crippen molar-refractivity contribution in [1.29, 1.82) is 0 Å². The molecule has 0 atom stereocenters. The van der Waals surface area contributed by atoms with E-state index in [1.165, 1.54) is 16.0 Å². The van der Waals surface area contributed by atoms with E-state index in [1.807, 2.05) is 0 Å². The Labute approximate surface area is 117 Å². The molecule has 1 fully saturated rings. The number of aromatic nitrogens is 2. The van der Waals surface area contributed by atoms with Crippen molar-refractivity contribution in [3.8, 4) is 0 Å². The summed E-state index contributed by atoms with van der Waals surface area (Å²) in [6.45, 7) is 2.68. The van der Waals surface area contributed by atoms with E-state index in [4.69, 9.17) is 21.1 Å². The van der Waals surface area contributed by atoms with Crippen molar-refractivity contribution in [3.05, 3.63) is 10.8 Å². The van der Waals surface area contributed by atoms with E-state index >= 15 is 0 Å². The van der Waals surface area contributed by atoms with Gasteiger partial charge in [0.05, 0.1) is 25.5 Å². The highest BCUT2D eigenvalue weighted by atomic mass is 35.5. The molecule has 19 heavy (non-hydrogen) atoms. The van der Waals surface area contributed by atoms with Gasteiger partial charge in [0.1, 0.15) is 10.0 Å². The third-order valence-electron chi connectivity index (χ3n) is 2.87. The van der Waals surface area contributed by atoms with Gasteiger partial charge in [-0.15, -0.1) is 0 Å². The van der Waals surface area contributed by atoms with Crippen LogP contribution in [0.5, 0.6) is 0 Å². The van der Waals surface area contributed by atoms with Crippen LogP contribution in [-0.4, -0.2) is 55.6 Å². The number of rotatable bonds is 4. The summed E-state index contributed by atoms with van der Waals surface area (Å²) in [5.41, 5.74) is 0.368. The Kier molecular flexibility index (Phi) is 4.17. The predicted molar refractivity (Wildman–Crippen MR) is 68.5 cm³/mol. The molecule has 1 aliphatic heterocycles. The van der Waals surface area contributed by atoms with E-state index in [2.05, 4.69) is 5.10 Å². The van der Waals surface area contributed by atoms with Crippen molar-refractivity contribution in [2.24, 2.45) is 7.05 Å². The van der Waals surface area contributed by atoms with Gasteiger partial charge < -0.3 is 9.47 Å². The van der Waals surface area contributed by atoms with Crippen molar-refractivity contribution >= 4 is 21.6 Å². The fraction of sp³-hybridized carbons (Fsp3) is 0.700. The summed E-state index contributed by atoms with van der Waals surface area (Å²) in [5.74, 6) is 0. The molecule has 0 N–H and O–H groups in total. The van der Waals surface area contributed by atoms with Crippen molar-refractivity contribution in [1.82, 2.24) is 14.1 Å². The van der Waals surface area contributed by atoms with Crippen LogP contribution in [0.4, 0.5) is 0 Å². The molecule has 9 heteroatoms. The lowest BCUT2D eigenvalue weighted by atomic mass is 10.5. The third kappa shape index (κ3) is 2.77. The first-order chi connectivity index (χ1) is 8.84. The maximum atomic E-state index is 12.5. The van der Waals surface area contributed by atoms with Gasteiger partial charge in [-0.3, -0.25) is 4.68 Å². The molecule has 0 aliphatic carbocycles. The Morgan fingerprint density at radius 2 is 2.05 bits per heavy atom. The van der Waals surface area contributed by atoms with Crippen LogP contribution in [0.3, 0.4) is 0 Å². The molecular formula is C10H16ClN3O4S. The van der Waals surface area contributed by atoms with E-state index in [9.17, 15) is 8.42 Å². The normalized spacial score (nSPS) is 17.5. The van der Waals surface area contributed by atoms with E-state index in [0.717, 1.165) is 0 Å². The summed E-state index contributed by atoms with van der Waals surface area (Å²) in [4.78, 5) is 0.0252. The Bertz CT molecular complexity index is 566. The molecule has 2 rings (SSSR count). The van der Waals surface area contributed by atoms with Crippen LogP contribution in [0.25, 0.3) is 0 Å². The standard InChI is InChI=1S/C10H16ClN3O4S/c1-7-9(10(11)14(3)12-7)19(15,16)13(2)6-8-17-4-5-18-8/h8H,4-6H2,1-3H3. The monoisotopic (exact) mass is 309 g/mol. The molecule has 1 saturated heterocycles. The van der Waals surface area contributed by atoms with Gasteiger partial charge in [-0.2, -0.15) is 9.40 Å². The summed E-state index contributed by atoms with van der Waals surface area (Å²) in [7, 11) is -0.653. The van der Waals surface area contributed by atoms with Gasteiger partial charge in [0.25, 0.3) is 0 Å². The zero-order valence-corrected chi connectivity index (χ0v) is 12.5. The minimum absolute atomic E-state index is 0.0252. The molecule has 0 aromatic carbocycles. The molecule has 0 saturated carbocycles. The van der Waals surface area contributed by atoms with Crippen molar-refractivity contribution in [2.75, 3.05) is 26.8 Å². The average Bonchev–Trinajstić information content (AvgIpc) is 2.88. The number of ether oxygens (including phenoxy) is 2. The number of likely N-dealkylation sites (N-methyl/N-ethyl adjacent to an activating group) is 1. The zero-order valence-electron chi connectivity index (χ0n) is 11.0. The number of hydrogen-bond acceptors (Lipinski definition) is 5. The van der Waals surface area contributed by atoms with Crippen LogP contribution in [0, 0.1) is 6.92 Å². The van der Waals surface area contributed by atoms with Crippen LogP contribution in [-0.2, 0) is 26.5 Å². The SMILES string of the molecule is Cc1nn(C)c(Cl)c1S(=O)(=O)N(C)CC1OCCO1. The maximum Gasteiger partial charge on any atom is 0.247 e. The fourth-order valence-electron chi connectivity index (χ4n) is 1.88. The lowest BCUT2D eigenvalue weighted by Gasteiger charge is -2.19. The highest BCUT2D eigenvalue weighted by Crippen LogP contribution is 2.27. The Hall–Kier alpha value is -0.670. The van der Waals surface area contributed by atoms with Crippen molar-refractivity contribution in [2.45, 2.75) is 18.1 Å². The van der Waals surface area contributed by atoms with Crippen molar-refractivity contribution < 1.29 is 17.9 Å². The summed E-state index contributed by atoms with van der Waals surface area (Å²) in [6.07, 6.45) is -0.532. The number of aryl methyl sites for hydroxylation is 2. The second kappa shape index (κ2) is 5.37. The summed E-state index contributed by atoms with van der Waals surface area (Å²) in [5, 5.41) is 4.10. The average molecular weight is 310 g/mol. The van der Waals surface area contributed by atoms with Crippen LogP contribution in [0.15, 0.2) is 4.90 Å². The Morgan fingerprint density at radius 3 is 2.53 bits per heavy atom. The first-order valence-corrected chi connectivity index (χ1v) is 7.54. The molecular weight excluding hydrogens is 294 g/mol. The van der Waals surface area contributed by atoms with Crippen molar-refractivity contribution in [3.63, 3.8) is 0 Å². The van der Waals surface area contributed by atoms with Crippen LogP contribution in [0.2, 0.25) is 5.15 Å². The van der Waals surface area contributed by atoms with E-state index in [1.54, 1.807) is 14.0 Å². The summed E-state index contributed by atoms with van der Waals surface area (Å²) >= 11 is 5.99. The predicted octanol–water partition coefficient (Wildman–Crippen LogP) is 0.375. The van der Waals surface area contributed by atoms with E-state index < -0.39 is 16.3 Å². The van der Waals surface area contributed by atoms with Gasteiger partial charge in [-0.05, 0) is 6.92 Å². The second-order valence-corrected chi connectivity index (χ2v) is 6.63. The highest BCUT2D eigenvalue weighted by molar-refractivity contribution is 7.89. The minimum atomic E-state index is -3.71. The van der Waals surface area contributed by atoms with Crippen LogP contribution in [0.1, 0.15) is 5.69 Å². The first-order valence-electron chi connectivity index (χ1n) is 5.72. The molecule has 2 heterocycles. The minimum Gasteiger partial charge on any atom is -0.349 e. The van der Waals surface area contributed by atoms with Crippen LogP contribution < -0.4 is 0 Å². The molecule has 1 aromatic heterocycles. The number of sulfonamides is 1. The topological polar surface area (TPSA) is 73.7 Å². The van der Waals surface area contributed by atoms with E-state index in [0.29, 0.717) is 18.9 Å². The zero-order chi connectivity index (χ0) is 14.2. The molecule has 0 unspecified atom stereocenters. The van der Waals surface area contributed by atoms with Crippen LogP contribution >= 0.6 is 11.6 Å². The van der Waals surface area contributed by atoms with E-state index in [-0.39, 0.29) is 16.6 Å². The largest absolute Gasteiger partial charge is 0.349 e. The molecule has 0 radical (unpaired) electrons. The third-order valence-corrected chi connectivity index (χ3v) is 5.39. The van der Waals surface area contributed by atoms with Gasteiger partial charge in [0, 0.05) is 14.1 Å². The van der Waals surface area contributed by atoms with Gasteiger partial charge >= 0.3 is 0 Å². The lowest BCUT2D eigenvalue weighted by molar-refractivity contribution is -0.0482. The number of nitrogens with zero attached hydrogens (tertiary/aromatic N) is 3. The molecule has 0 bridgehead atoms. The molecule has 0 spiro atoms. The fourth-order valence-corrected chi connectivity index (χ4v) is 3.74. The van der Waals surface area contributed by atoms with Gasteiger partial charge in [0.2, 0.25) is 10.0 Å².